The molecule has 0 bridgehead atoms. The number of para-hydroxylation sites is 1. The van der Waals surface area contributed by atoms with E-state index in [-0.39, 0.29) is 18.4 Å². The lowest BCUT2D eigenvalue weighted by molar-refractivity contribution is -0.132. The maximum atomic E-state index is 13.1. The number of methoxy groups -OCH3 is 1. The lowest BCUT2D eigenvalue weighted by Crippen LogP contribution is -2.43. The van der Waals surface area contributed by atoms with Gasteiger partial charge in [0.1, 0.15) is 6.54 Å². The summed E-state index contributed by atoms with van der Waals surface area (Å²) in [4.78, 5) is 30.4. The average Bonchev–Trinajstić information content (AvgIpc) is 3.13. The minimum Gasteiger partial charge on any atom is -0.385 e. The molecule has 1 aliphatic rings. The number of benzene rings is 1. The average molecular weight is 387 g/mol. The van der Waals surface area contributed by atoms with Gasteiger partial charge in [-0.1, -0.05) is 24.3 Å². The second kappa shape index (κ2) is 9.67. The molecular formula is C21H26N2O3S. The van der Waals surface area contributed by atoms with Crippen molar-refractivity contribution in [3.8, 4) is 0 Å². The van der Waals surface area contributed by atoms with Gasteiger partial charge in [0.05, 0.1) is 6.54 Å². The van der Waals surface area contributed by atoms with Crippen LogP contribution in [0.1, 0.15) is 29.7 Å². The molecule has 0 radical (unpaired) electrons. The van der Waals surface area contributed by atoms with Crippen LogP contribution in [0.25, 0.3) is 0 Å². The van der Waals surface area contributed by atoms with Crippen LogP contribution in [0.5, 0.6) is 0 Å². The Morgan fingerprint density at radius 2 is 2.07 bits per heavy atom. The van der Waals surface area contributed by atoms with Crippen LogP contribution in [-0.4, -0.2) is 43.5 Å². The van der Waals surface area contributed by atoms with Crippen molar-refractivity contribution in [3.63, 3.8) is 0 Å². The molecule has 0 saturated heterocycles. The Kier molecular flexibility index (Phi) is 7.01. The minimum absolute atomic E-state index is 0.0236. The third-order valence-corrected chi connectivity index (χ3v) is 5.63. The zero-order valence-corrected chi connectivity index (χ0v) is 16.5. The third-order valence-electron chi connectivity index (χ3n) is 4.77. The van der Waals surface area contributed by atoms with Gasteiger partial charge >= 0.3 is 0 Å². The number of aryl methyl sites for hydroxylation is 1. The molecule has 0 saturated carbocycles. The van der Waals surface area contributed by atoms with Gasteiger partial charge < -0.3 is 14.5 Å². The number of carbonyl (C=O) groups is 2. The van der Waals surface area contributed by atoms with Crippen molar-refractivity contribution in [1.29, 1.82) is 0 Å². The standard InChI is InChI=1S/C21H26N2O3S/c1-26-13-6-12-22(15-18-9-5-14-27-18)21(25)16-23-19-10-3-2-7-17(19)8-4-11-20(23)24/h2-3,5,7,9-10,14H,4,6,8,11-13,15-16H2,1H3. The second-order valence-electron chi connectivity index (χ2n) is 6.70. The molecule has 0 unspecified atom stereocenters. The van der Waals surface area contributed by atoms with Crippen molar-refractivity contribution in [2.45, 2.75) is 32.2 Å². The summed E-state index contributed by atoms with van der Waals surface area (Å²) in [5.74, 6) is 0.00539. The number of carbonyl (C=O) groups excluding carboxylic acids is 2. The predicted molar refractivity (Wildman–Crippen MR) is 108 cm³/mol. The molecule has 0 fully saturated rings. The van der Waals surface area contributed by atoms with E-state index in [1.807, 2.05) is 46.7 Å². The molecule has 144 valence electrons. The fourth-order valence-corrected chi connectivity index (χ4v) is 4.10. The van der Waals surface area contributed by atoms with E-state index < -0.39 is 0 Å². The molecule has 1 aliphatic heterocycles. The summed E-state index contributed by atoms with van der Waals surface area (Å²) in [6.45, 7) is 1.89. The summed E-state index contributed by atoms with van der Waals surface area (Å²) in [6.07, 6.45) is 2.96. The number of nitrogens with zero attached hydrogens (tertiary/aromatic N) is 2. The van der Waals surface area contributed by atoms with Gasteiger partial charge in [0.2, 0.25) is 11.8 Å². The predicted octanol–water partition coefficient (Wildman–Crippen LogP) is 3.48. The molecule has 2 aromatic rings. The molecule has 0 aliphatic carbocycles. The highest BCUT2D eigenvalue weighted by Crippen LogP contribution is 2.27. The molecule has 2 heterocycles. The number of hydrogen-bond donors (Lipinski definition) is 0. The summed E-state index contributed by atoms with van der Waals surface area (Å²) in [5, 5.41) is 2.02. The van der Waals surface area contributed by atoms with Gasteiger partial charge in [-0.2, -0.15) is 0 Å². The number of rotatable bonds is 8. The fourth-order valence-electron chi connectivity index (χ4n) is 3.38. The first kappa shape index (κ1) is 19.6. The van der Waals surface area contributed by atoms with Crippen molar-refractivity contribution in [2.75, 3.05) is 31.7 Å². The Hall–Kier alpha value is -2.18. The van der Waals surface area contributed by atoms with Crippen molar-refractivity contribution in [3.05, 3.63) is 52.2 Å². The Bertz CT molecular complexity index is 761. The molecule has 27 heavy (non-hydrogen) atoms. The van der Waals surface area contributed by atoms with E-state index in [1.54, 1.807) is 23.3 Å². The fraction of sp³-hybridized carbons (Fsp3) is 0.429. The molecule has 0 atom stereocenters. The summed E-state index contributed by atoms with van der Waals surface area (Å²) in [7, 11) is 1.66. The number of amides is 2. The van der Waals surface area contributed by atoms with E-state index in [9.17, 15) is 9.59 Å². The van der Waals surface area contributed by atoms with E-state index >= 15 is 0 Å². The summed E-state index contributed by atoms with van der Waals surface area (Å²) in [5.41, 5.74) is 2.02. The van der Waals surface area contributed by atoms with Crippen LogP contribution < -0.4 is 4.90 Å². The van der Waals surface area contributed by atoms with Gasteiger partial charge in [-0.25, -0.2) is 0 Å². The number of fused-ring (bicyclic) bond motifs is 1. The highest BCUT2D eigenvalue weighted by atomic mass is 32.1. The van der Waals surface area contributed by atoms with Crippen LogP contribution in [-0.2, 0) is 27.3 Å². The molecular weight excluding hydrogens is 360 g/mol. The lowest BCUT2D eigenvalue weighted by atomic mass is 10.1. The van der Waals surface area contributed by atoms with E-state index in [0.29, 0.717) is 26.1 Å². The number of thiophene rings is 1. The first-order valence-corrected chi connectivity index (χ1v) is 10.2. The summed E-state index contributed by atoms with van der Waals surface area (Å²) in [6, 6.07) is 11.9. The smallest absolute Gasteiger partial charge is 0.242 e. The Morgan fingerprint density at radius 3 is 2.85 bits per heavy atom. The van der Waals surface area contributed by atoms with Gasteiger partial charge in [-0.15, -0.1) is 11.3 Å². The SMILES string of the molecule is COCCCN(Cc1cccs1)C(=O)CN1C(=O)CCCc2ccccc21. The van der Waals surface area contributed by atoms with E-state index in [0.717, 1.165) is 35.4 Å². The van der Waals surface area contributed by atoms with Gasteiger partial charge in [0.15, 0.2) is 0 Å². The van der Waals surface area contributed by atoms with E-state index in [1.165, 1.54) is 0 Å². The van der Waals surface area contributed by atoms with Crippen LogP contribution in [0.15, 0.2) is 41.8 Å². The van der Waals surface area contributed by atoms with Gasteiger partial charge in [-0.05, 0) is 42.3 Å². The minimum atomic E-state index is -0.0236. The van der Waals surface area contributed by atoms with Crippen molar-refractivity contribution < 1.29 is 14.3 Å². The molecule has 5 nitrogen and oxygen atoms in total. The molecule has 6 heteroatoms. The van der Waals surface area contributed by atoms with Gasteiger partial charge in [0, 0.05) is 37.2 Å². The molecule has 1 aromatic heterocycles. The van der Waals surface area contributed by atoms with Crippen molar-refractivity contribution in [1.82, 2.24) is 4.90 Å². The molecule has 3 rings (SSSR count). The maximum Gasteiger partial charge on any atom is 0.242 e. The molecule has 1 aromatic carbocycles. The third kappa shape index (κ3) is 5.17. The normalized spacial score (nSPS) is 14.0. The number of hydrogen-bond acceptors (Lipinski definition) is 4. The Labute approximate surface area is 164 Å². The van der Waals surface area contributed by atoms with E-state index in [2.05, 4.69) is 0 Å². The van der Waals surface area contributed by atoms with Crippen LogP contribution in [0.4, 0.5) is 5.69 Å². The first-order valence-electron chi connectivity index (χ1n) is 9.36. The zero-order chi connectivity index (χ0) is 19.1. The van der Waals surface area contributed by atoms with Crippen LogP contribution in [0.2, 0.25) is 0 Å². The van der Waals surface area contributed by atoms with Crippen molar-refractivity contribution >= 4 is 28.8 Å². The van der Waals surface area contributed by atoms with Crippen LogP contribution in [0, 0.1) is 0 Å². The first-order chi connectivity index (χ1) is 13.2. The van der Waals surface area contributed by atoms with Crippen LogP contribution in [0.3, 0.4) is 0 Å². The highest BCUT2D eigenvalue weighted by molar-refractivity contribution is 7.09. The van der Waals surface area contributed by atoms with Gasteiger partial charge in [-0.3, -0.25) is 9.59 Å². The lowest BCUT2D eigenvalue weighted by Gasteiger charge is -2.27. The van der Waals surface area contributed by atoms with Crippen molar-refractivity contribution in [2.24, 2.45) is 0 Å². The maximum absolute atomic E-state index is 13.1. The van der Waals surface area contributed by atoms with E-state index in [4.69, 9.17) is 4.74 Å². The monoisotopic (exact) mass is 386 g/mol. The topological polar surface area (TPSA) is 49.9 Å². The Morgan fingerprint density at radius 1 is 1.22 bits per heavy atom. The zero-order valence-electron chi connectivity index (χ0n) is 15.7. The second-order valence-corrected chi connectivity index (χ2v) is 7.74. The largest absolute Gasteiger partial charge is 0.385 e. The molecule has 0 spiro atoms. The summed E-state index contributed by atoms with van der Waals surface area (Å²) < 4.78 is 5.14. The highest BCUT2D eigenvalue weighted by Gasteiger charge is 2.26. The Balaban J connectivity index is 1.75. The van der Waals surface area contributed by atoms with Gasteiger partial charge in [0.25, 0.3) is 0 Å². The summed E-state index contributed by atoms with van der Waals surface area (Å²) >= 11 is 1.64. The molecule has 0 N–H and O–H groups in total. The van der Waals surface area contributed by atoms with Crippen LogP contribution >= 0.6 is 11.3 Å². The number of anilines is 1. The molecule has 2 amide bonds. The number of ether oxygens (including phenoxy) is 1. The quantitative estimate of drug-likeness (QED) is 0.653.